The molecule has 0 unspecified atom stereocenters. The number of fused-ring (bicyclic) bond motifs is 3. The lowest BCUT2D eigenvalue weighted by Crippen LogP contribution is -2.48. The van der Waals surface area contributed by atoms with Gasteiger partial charge in [0.25, 0.3) is 0 Å². The fourth-order valence-corrected chi connectivity index (χ4v) is 4.84. The van der Waals surface area contributed by atoms with Gasteiger partial charge in [0, 0.05) is 17.9 Å². The number of rotatable bonds is 7. The monoisotopic (exact) mass is 452 g/mol. The number of hydrogen-bond acceptors (Lipinski definition) is 5. The number of hydrogen-bond donors (Lipinski definition) is 4. The number of carboxylic acids is 1. The van der Waals surface area contributed by atoms with Crippen molar-refractivity contribution in [3.05, 3.63) is 59.7 Å². The smallest absolute Gasteiger partial charge is 0.407 e. The molecule has 1 saturated carbocycles. The Morgan fingerprint density at radius 3 is 2.24 bits per heavy atom. The molecule has 2 amide bonds. The predicted molar refractivity (Wildman–Crippen MR) is 121 cm³/mol. The van der Waals surface area contributed by atoms with E-state index < -0.39 is 36.5 Å². The van der Waals surface area contributed by atoms with E-state index in [9.17, 15) is 14.4 Å². The second kappa shape index (κ2) is 10.0. The van der Waals surface area contributed by atoms with Crippen LogP contribution < -0.4 is 10.6 Å². The molecule has 174 valence electrons. The number of aliphatic hydroxyl groups excluding tert-OH is 1. The molecule has 2 aromatic carbocycles. The van der Waals surface area contributed by atoms with Crippen molar-refractivity contribution in [3.63, 3.8) is 0 Å². The molecule has 0 bridgehead atoms. The van der Waals surface area contributed by atoms with Crippen molar-refractivity contribution in [2.24, 2.45) is 5.92 Å². The van der Waals surface area contributed by atoms with Gasteiger partial charge < -0.3 is 25.6 Å². The zero-order chi connectivity index (χ0) is 23.4. The first kappa shape index (κ1) is 22.8. The van der Waals surface area contributed by atoms with Crippen LogP contribution in [0.1, 0.15) is 42.7 Å². The Hall–Kier alpha value is -3.39. The van der Waals surface area contributed by atoms with E-state index in [0.717, 1.165) is 35.1 Å². The summed E-state index contributed by atoms with van der Waals surface area (Å²) in [4.78, 5) is 36.0. The van der Waals surface area contributed by atoms with Gasteiger partial charge in [-0.15, -0.1) is 0 Å². The molecule has 0 heterocycles. The lowest BCUT2D eigenvalue weighted by Gasteiger charge is -2.29. The summed E-state index contributed by atoms with van der Waals surface area (Å²) in [5.41, 5.74) is 4.59. The van der Waals surface area contributed by atoms with Gasteiger partial charge in [-0.1, -0.05) is 55.0 Å². The molecule has 0 aromatic heterocycles. The van der Waals surface area contributed by atoms with Crippen LogP contribution in [-0.2, 0) is 14.3 Å². The van der Waals surface area contributed by atoms with Crippen molar-refractivity contribution < 1.29 is 29.3 Å². The molecular weight excluding hydrogens is 424 g/mol. The van der Waals surface area contributed by atoms with Crippen LogP contribution in [0, 0.1) is 5.92 Å². The van der Waals surface area contributed by atoms with E-state index >= 15 is 0 Å². The number of amides is 2. The van der Waals surface area contributed by atoms with Crippen molar-refractivity contribution in [2.75, 3.05) is 13.2 Å². The molecule has 0 radical (unpaired) electrons. The molecule has 4 N–H and O–H groups in total. The molecule has 3 atom stereocenters. The third-order valence-corrected chi connectivity index (χ3v) is 6.51. The summed E-state index contributed by atoms with van der Waals surface area (Å²) in [6.07, 6.45) is 1.92. The fourth-order valence-electron chi connectivity index (χ4n) is 4.84. The number of ether oxygens (including phenoxy) is 1. The Balaban J connectivity index is 1.32. The number of carbonyl (C=O) groups is 3. The highest BCUT2D eigenvalue weighted by atomic mass is 16.5. The zero-order valence-electron chi connectivity index (χ0n) is 18.2. The highest BCUT2D eigenvalue weighted by Gasteiger charge is 2.32. The predicted octanol–water partition coefficient (Wildman–Crippen LogP) is 2.65. The van der Waals surface area contributed by atoms with Crippen LogP contribution in [0.3, 0.4) is 0 Å². The Labute approximate surface area is 192 Å². The number of benzene rings is 2. The van der Waals surface area contributed by atoms with Gasteiger partial charge in [-0.05, 0) is 41.5 Å². The van der Waals surface area contributed by atoms with E-state index in [1.165, 1.54) is 0 Å². The van der Waals surface area contributed by atoms with E-state index in [0.29, 0.717) is 12.8 Å². The van der Waals surface area contributed by atoms with Crippen LogP contribution in [0.2, 0.25) is 0 Å². The molecular formula is C25H28N2O6. The summed E-state index contributed by atoms with van der Waals surface area (Å²) in [6, 6.07) is 14.7. The molecule has 0 aliphatic heterocycles. The van der Waals surface area contributed by atoms with Crippen molar-refractivity contribution in [3.8, 4) is 11.1 Å². The van der Waals surface area contributed by atoms with Crippen molar-refractivity contribution in [1.82, 2.24) is 10.6 Å². The molecule has 4 rings (SSSR count). The largest absolute Gasteiger partial charge is 0.480 e. The van der Waals surface area contributed by atoms with Crippen LogP contribution in [-0.4, -0.2) is 53.5 Å². The van der Waals surface area contributed by atoms with Crippen LogP contribution in [0.4, 0.5) is 4.79 Å². The number of aliphatic carboxylic acids is 1. The molecule has 2 aromatic rings. The first-order valence-electron chi connectivity index (χ1n) is 11.2. The Bertz CT molecular complexity index is 994. The maximum Gasteiger partial charge on any atom is 0.407 e. The first-order valence-corrected chi connectivity index (χ1v) is 11.2. The summed E-state index contributed by atoms with van der Waals surface area (Å²) in [5, 5.41) is 23.3. The van der Waals surface area contributed by atoms with E-state index in [1.54, 1.807) is 0 Å². The number of alkyl carbamates (subject to hydrolysis) is 1. The van der Waals surface area contributed by atoms with E-state index in [2.05, 4.69) is 34.9 Å². The van der Waals surface area contributed by atoms with Gasteiger partial charge in [0.15, 0.2) is 0 Å². The van der Waals surface area contributed by atoms with Gasteiger partial charge in [-0.2, -0.15) is 0 Å². The van der Waals surface area contributed by atoms with Crippen LogP contribution >= 0.6 is 0 Å². The third kappa shape index (κ3) is 5.01. The Morgan fingerprint density at radius 1 is 1.00 bits per heavy atom. The SMILES string of the molecule is O=C(N[C@H]1CCC[C@@H](C(=O)N[C@H](CO)C(=O)O)C1)OCC1c2ccccc2-c2ccccc21. The van der Waals surface area contributed by atoms with Gasteiger partial charge in [-0.25, -0.2) is 9.59 Å². The van der Waals surface area contributed by atoms with E-state index in [1.807, 2.05) is 24.3 Å². The van der Waals surface area contributed by atoms with Crippen LogP contribution in [0.25, 0.3) is 11.1 Å². The quantitative estimate of drug-likeness (QED) is 0.512. The zero-order valence-corrected chi connectivity index (χ0v) is 18.2. The summed E-state index contributed by atoms with van der Waals surface area (Å²) in [6.45, 7) is -0.456. The van der Waals surface area contributed by atoms with Gasteiger partial charge in [0.2, 0.25) is 5.91 Å². The highest BCUT2D eigenvalue weighted by Crippen LogP contribution is 2.44. The molecule has 0 saturated heterocycles. The minimum Gasteiger partial charge on any atom is -0.480 e. The minimum absolute atomic E-state index is 0.0283. The third-order valence-electron chi connectivity index (χ3n) is 6.51. The summed E-state index contributed by atoms with van der Waals surface area (Å²) in [7, 11) is 0. The van der Waals surface area contributed by atoms with Crippen LogP contribution in [0.5, 0.6) is 0 Å². The summed E-state index contributed by atoms with van der Waals surface area (Å²) >= 11 is 0. The van der Waals surface area contributed by atoms with Gasteiger partial charge in [-0.3, -0.25) is 4.79 Å². The van der Waals surface area contributed by atoms with Crippen molar-refractivity contribution in [1.29, 1.82) is 0 Å². The number of carbonyl (C=O) groups excluding carboxylic acids is 2. The van der Waals surface area contributed by atoms with Crippen molar-refractivity contribution in [2.45, 2.75) is 43.7 Å². The Kier molecular flexibility index (Phi) is 6.93. The number of nitrogens with one attached hydrogen (secondary N) is 2. The van der Waals surface area contributed by atoms with E-state index in [-0.39, 0.29) is 18.6 Å². The Morgan fingerprint density at radius 2 is 1.64 bits per heavy atom. The number of aliphatic hydroxyl groups is 1. The van der Waals surface area contributed by atoms with Crippen molar-refractivity contribution >= 4 is 18.0 Å². The average molecular weight is 453 g/mol. The summed E-state index contributed by atoms with van der Waals surface area (Å²) in [5.74, 6) is -2.16. The molecule has 8 nitrogen and oxygen atoms in total. The number of carboxylic acid groups (broad SMARTS) is 1. The average Bonchev–Trinajstić information content (AvgIpc) is 3.14. The lowest BCUT2D eigenvalue weighted by molar-refractivity contribution is -0.143. The minimum atomic E-state index is -1.33. The second-order valence-electron chi connectivity index (χ2n) is 8.61. The molecule has 33 heavy (non-hydrogen) atoms. The maximum atomic E-state index is 12.5. The standard InChI is InChI=1S/C25H28N2O6/c28-13-22(24(30)31)27-23(29)15-6-5-7-16(12-15)26-25(32)33-14-21-19-10-3-1-8-17(19)18-9-2-4-11-20(18)21/h1-4,8-11,15-16,21-22,28H,5-7,12-14H2,(H,26,32)(H,27,29)(H,30,31)/t15-,16+,22-/m1/s1. The fraction of sp³-hybridized carbons (Fsp3) is 0.400. The van der Waals surface area contributed by atoms with Crippen LogP contribution in [0.15, 0.2) is 48.5 Å². The molecule has 8 heteroatoms. The van der Waals surface area contributed by atoms with Gasteiger partial charge >= 0.3 is 12.1 Å². The highest BCUT2D eigenvalue weighted by molar-refractivity contribution is 5.85. The topological polar surface area (TPSA) is 125 Å². The summed E-state index contributed by atoms with van der Waals surface area (Å²) < 4.78 is 5.59. The second-order valence-corrected chi connectivity index (χ2v) is 8.61. The molecule has 2 aliphatic carbocycles. The molecule has 0 spiro atoms. The maximum absolute atomic E-state index is 12.5. The van der Waals surface area contributed by atoms with Gasteiger partial charge in [0.1, 0.15) is 12.6 Å². The van der Waals surface area contributed by atoms with Gasteiger partial charge in [0.05, 0.1) is 6.61 Å². The molecule has 2 aliphatic rings. The normalized spacial score (nSPS) is 20.3. The lowest BCUT2D eigenvalue weighted by atomic mass is 9.85. The molecule has 1 fully saturated rings. The van der Waals surface area contributed by atoms with E-state index in [4.69, 9.17) is 14.9 Å². The first-order chi connectivity index (χ1) is 16.0.